The van der Waals surface area contributed by atoms with Crippen molar-refractivity contribution in [2.75, 3.05) is 0 Å². The van der Waals surface area contributed by atoms with E-state index in [9.17, 15) is 4.79 Å². The SMILES string of the molecule is Cn1ccnc1[C@@H](NC(=O)CCn1ccc2ccccc21)c1ccc(Cl)cc1. The van der Waals surface area contributed by atoms with Gasteiger partial charge in [0.2, 0.25) is 5.91 Å². The van der Waals surface area contributed by atoms with Crippen LogP contribution in [-0.4, -0.2) is 20.0 Å². The zero-order valence-corrected chi connectivity index (χ0v) is 16.3. The van der Waals surface area contributed by atoms with Crippen LogP contribution in [0.25, 0.3) is 10.9 Å². The number of para-hydroxylation sites is 1. The zero-order chi connectivity index (χ0) is 19.5. The van der Waals surface area contributed by atoms with Crippen LogP contribution in [0.5, 0.6) is 0 Å². The summed E-state index contributed by atoms with van der Waals surface area (Å²) in [5.74, 6) is 0.753. The third-order valence-electron chi connectivity index (χ3n) is 4.89. The van der Waals surface area contributed by atoms with E-state index in [4.69, 9.17) is 11.6 Å². The van der Waals surface area contributed by atoms with E-state index in [1.54, 1.807) is 6.20 Å². The van der Waals surface area contributed by atoms with Crippen molar-refractivity contribution in [2.24, 2.45) is 7.05 Å². The molecule has 0 spiro atoms. The highest BCUT2D eigenvalue weighted by atomic mass is 35.5. The number of hydrogen-bond donors (Lipinski definition) is 1. The summed E-state index contributed by atoms with van der Waals surface area (Å²) < 4.78 is 4.02. The molecule has 142 valence electrons. The van der Waals surface area contributed by atoms with Gasteiger partial charge in [0.25, 0.3) is 0 Å². The van der Waals surface area contributed by atoms with Gasteiger partial charge < -0.3 is 14.5 Å². The van der Waals surface area contributed by atoms with Crippen LogP contribution in [0.15, 0.2) is 73.2 Å². The van der Waals surface area contributed by atoms with Crippen molar-refractivity contribution < 1.29 is 4.79 Å². The van der Waals surface area contributed by atoms with Crippen LogP contribution in [0.3, 0.4) is 0 Å². The second-order valence-electron chi connectivity index (χ2n) is 6.77. The van der Waals surface area contributed by atoms with Gasteiger partial charge in [-0.05, 0) is 35.2 Å². The summed E-state index contributed by atoms with van der Waals surface area (Å²) >= 11 is 6.02. The maximum atomic E-state index is 12.7. The van der Waals surface area contributed by atoms with Crippen LogP contribution in [0, 0.1) is 0 Å². The van der Waals surface area contributed by atoms with Crippen molar-refractivity contribution in [1.82, 2.24) is 19.4 Å². The summed E-state index contributed by atoms with van der Waals surface area (Å²) in [5.41, 5.74) is 2.08. The van der Waals surface area contributed by atoms with E-state index in [1.807, 2.05) is 60.4 Å². The molecular formula is C22H21ClN4O. The number of imidazole rings is 1. The van der Waals surface area contributed by atoms with Crippen LogP contribution >= 0.6 is 11.6 Å². The lowest BCUT2D eigenvalue weighted by atomic mass is 10.1. The maximum Gasteiger partial charge on any atom is 0.222 e. The van der Waals surface area contributed by atoms with Gasteiger partial charge >= 0.3 is 0 Å². The Morgan fingerprint density at radius 1 is 1.11 bits per heavy atom. The number of amides is 1. The molecule has 5 nitrogen and oxygen atoms in total. The first-order valence-electron chi connectivity index (χ1n) is 9.18. The van der Waals surface area contributed by atoms with E-state index in [0.717, 1.165) is 16.9 Å². The van der Waals surface area contributed by atoms with Gasteiger partial charge in [0.15, 0.2) is 0 Å². The lowest BCUT2D eigenvalue weighted by Gasteiger charge is -2.19. The molecule has 2 heterocycles. The zero-order valence-electron chi connectivity index (χ0n) is 15.5. The number of halogens is 1. The summed E-state index contributed by atoms with van der Waals surface area (Å²) in [6.45, 7) is 0.618. The topological polar surface area (TPSA) is 51.9 Å². The van der Waals surface area contributed by atoms with Crippen LogP contribution in [0.2, 0.25) is 5.02 Å². The van der Waals surface area contributed by atoms with Gasteiger partial charge in [-0.25, -0.2) is 4.98 Å². The Hall–Kier alpha value is -3.05. The minimum Gasteiger partial charge on any atom is -0.347 e. The summed E-state index contributed by atoms with van der Waals surface area (Å²) in [4.78, 5) is 17.2. The smallest absolute Gasteiger partial charge is 0.222 e. The normalized spacial score (nSPS) is 12.2. The summed E-state index contributed by atoms with van der Waals surface area (Å²) in [5, 5.41) is 4.96. The molecule has 28 heavy (non-hydrogen) atoms. The fourth-order valence-corrected chi connectivity index (χ4v) is 3.52. The molecule has 1 atom stereocenters. The molecule has 2 aromatic carbocycles. The average Bonchev–Trinajstić information content (AvgIpc) is 3.31. The highest BCUT2D eigenvalue weighted by Crippen LogP contribution is 2.22. The van der Waals surface area contributed by atoms with Gasteiger partial charge in [-0.15, -0.1) is 0 Å². The second kappa shape index (κ2) is 7.90. The molecule has 0 fully saturated rings. The first kappa shape index (κ1) is 18.3. The largest absolute Gasteiger partial charge is 0.347 e. The Kier molecular flexibility index (Phi) is 5.17. The number of rotatable bonds is 6. The predicted octanol–water partition coefficient (Wildman–Crippen LogP) is 4.32. The Balaban J connectivity index is 1.51. The van der Waals surface area contributed by atoms with Gasteiger partial charge in [0, 0.05) is 49.1 Å². The standard InChI is InChI=1S/C22H21ClN4O/c1-26-15-12-24-22(26)21(17-6-8-18(23)9-7-17)25-20(28)11-14-27-13-10-16-4-2-3-5-19(16)27/h2-10,12-13,15,21H,11,14H2,1H3,(H,25,28)/t21-/m0/s1. The Morgan fingerprint density at radius 3 is 2.64 bits per heavy atom. The third kappa shape index (κ3) is 3.80. The van der Waals surface area contributed by atoms with Crippen molar-refractivity contribution in [2.45, 2.75) is 19.0 Å². The van der Waals surface area contributed by atoms with Crippen molar-refractivity contribution in [1.29, 1.82) is 0 Å². The lowest BCUT2D eigenvalue weighted by molar-refractivity contribution is -0.121. The number of hydrogen-bond acceptors (Lipinski definition) is 2. The van der Waals surface area contributed by atoms with Gasteiger partial charge in [0.05, 0.1) is 0 Å². The number of carbonyl (C=O) groups excluding carboxylic acids is 1. The molecule has 0 unspecified atom stereocenters. The molecule has 0 aliphatic heterocycles. The van der Waals surface area contributed by atoms with Gasteiger partial charge in [-0.1, -0.05) is 41.9 Å². The Morgan fingerprint density at radius 2 is 1.89 bits per heavy atom. The summed E-state index contributed by atoms with van der Waals surface area (Å²) in [6, 6.07) is 17.4. The summed E-state index contributed by atoms with van der Waals surface area (Å²) in [6.07, 6.45) is 6.01. The first-order valence-corrected chi connectivity index (χ1v) is 9.55. The third-order valence-corrected chi connectivity index (χ3v) is 5.14. The summed E-state index contributed by atoms with van der Waals surface area (Å²) in [7, 11) is 1.92. The Bertz CT molecular complexity index is 1100. The number of carbonyl (C=O) groups is 1. The van der Waals surface area contributed by atoms with Crippen LogP contribution in [0.4, 0.5) is 0 Å². The van der Waals surface area contributed by atoms with Crippen molar-refractivity contribution in [3.05, 3.63) is 89.6 Å². The van der Waals surface area contributed by atoms with Gasteiger partial charge in [-0.2, -0.15) is 0 Å². The molecule has 0 radical (unpaired) electrons. The number of aryl methyl sites for hydroxylation is 2. The number of nitrogens with one attached hydrogen (secondary N) is 1. The highest BCUT2D eigenvalue weighted by molar-refractivity contribution is 6.30. The maximum absolute atomic E-state index is 12.7. The van der Waals surface area contributed by atoms with E-state index in [0.29, 0.717) is 18.0 Å². The quantitative estimate of drug-likeness (QED) is 0.531. The number of nitrogens with zero attached hydrogens (tertiary/aromatic N) is 3. The molecule has 1 amide bonds. The molecule has 1 N–H and O–H groups in total. The van der Waals surface area contributed by atoms with E-state index >= 15 is 0 Å². The van der Waals surface area contributed by atoms with E-state index in [2.05, 4.69) is 33.1 Å². The predicted molar refractivity (Wildman–Crippen MR) is 111 cm³/mol. The van der Waals surface area contributed by atoms with E-state index < -0.39 is 0 Å². The van der Waals surface area contributed by atoms with Gasteiger partial charge in [0.1, 0.15) is 11.9 Å². The molecule has 0 aliphatic carbocycles. The van der Waals surface area contributed by atoms with E-state index in [-0.39, 0.29) is 11.9 Å². The Labute approximate surface area is 168 Å². The monoisotopic (exact) mass is 392 g/mol. The average molecular weight is 393 g/mol. The molecule has 0 saturated heterocycles. The number of fused-ring (bicyclic) bond motifs is 1. The van der Waals surface area contributed by atoms with Crippen molar-refractivity contribution in [3.63, 3.8) is 0 Å². The highest BCUT2D eigenvalue weighted by Gasteiger charge is 2.20. The molecule has 4 rings (SSSR count). The fourth-order valence-electron chi connectivity index (χ4n) is 3.40. The molecule has 0 saturated carbocycles. The number of benzene rings is 2. The number of aromatic nitrogens is 3. The van der Waals surface area contributed by atoms with Crippen LogP contribution < -0.4 is 5.32 Å². The molecule has 2 aromatic heterocycles. The molecular weight excluding hydrogens is 372 g/mol. The first-order chi connectivity index (χ1) is 13.6. The molecule has 4 aromatic rings. The minimum absolute atomic E-state index is 0.0271. The molecule has 6 heteroatoms. The second-order valence-corrected chi connectivity index (χ2v) is 7.20. The van der Waals surface area contributed by atoms with Crippen molar-refractivity contribution in [3.8, 4) is 0 Å². The lowest BCUT2D eigenvalue weighted by Crippen LogP contribution is -2.31. The molecule has 0 aliphatic rings. The van der Waals surface area contributed by atoms with Crippen molar-refractivity contribution >= 4 is 28.4 Å². The van der Waals surface area contributed by atoms with E-state index in [1.165, 1.54) is 5.39 Å². The minimum atomic E-state index is -0.328. The van der Waals surface area contributed by atoms with Gasteiger partial charge in [-0.3, -0.25) is 4.79 Å². The van der Waals surface area contributed by atoms with Crippen LogP contribution in [-0.2, 0) is 18.4 Å². The fraction of sp³-hybridized carbons (Fsp3) is 0.182. The molecule has 0 bridgehead atoms. The van der Waals surface area contributed by atoms with Crippen LogP contribution in [0.1, 0.15) is 23.9 Å².